The molecule has 0 saturated carbocycles. The number of carbonyl (C=O) groups is 1. The highest BCUT2D eigenvalue weighted by molar-refractivity contribution is 9.10. The molecule has 0 bridgehead atoms. The van der Waals surface area contributed by atoms with Crippen molar-refractivity contribution < 1.29 is 4.79 Å². The summed E-state index contributed by atoms with van der Waals surface area (Å²) < 4.78 is 0.985. The van der Waals surface area contributed by atoms with Crippen LogP contribution >= 0.6 is 15.9 Å². The van der Waals surface area contributed by atoms with Crippen LogP contribution in [-0.2, 0) is 4.79 Å². The maximum atomic E-state index is 11.2. The van der Waals surface area contributed by atoms with E-state index in [2.05, 4.69) is 25.8 Å². The van der Waals surface area contributed by atoms with Crippen LogP contribution in [0.2, 0.25) is 0 Å². The van der Waals surface area contributed by atoms with Gasteiger partial charge in [0.2, 0.25) is 5.91 Å². The highest BCUT2D eigenvalue weighted by Crippen LogP contribution is 2.16. The molecule has 1 aliphatic heterocycles. The van der Waals surface area contributed by atoms with Crippen LogP contribution in [0.5, 0.6) is 0 Å². The standard InChI is InChI=1S/C11H14BrN3O/c1-9(16)14-4-6-15(7-5-14)11-3-2-10(12)8-13-11/h2-3,8H,4-7H2,1H3. The lowest BCUT2D eigenvalue weighted by atomic mass is 10.3. The molecule has 1 amide bonds. The Kier molecular flexibility index (Phi) is 3.43. The molecule has 1 fully saturated rings. The Morgan fingerprint density at radius 1 is 1.31 bits per heavy atom. The molecule has 0 aliphatic carbocycles. The number of carbonyl (C=O) groups excluding carboxylic acids is 1. The van der Waals surface area contributed by atoms with E-state index in [-0.39, 0.29) is 5.91 Å². The lowest BCUT2D eigenvalue weighted by Crippen LogP contribution is -2.48. The van der Waals surface area contributed by atoms with Crippen LogP contribution in [0.3, 0.4) is 0 Å². The molecule has 16 heavy (non-hydrogen) atoms. The summed E-state index contributed by atoms with van der Waals surface area (Å²) >= 11 is 3.36. The topological polar surface area (TPSA) is 36.4 Å². The number of hydrogen-bond donors (Lipinski definition) is 0. The molecule has 0 atom stereocenters. The monoisotopic (exact) mass is 283 g/mol. The maximum absolute atomic E-state index is 11.2. The molecule has 0 aromatic carbocycles. The zero-order valence-electron chi connectivity index (χ0n) is 9.19. The number of aromatic nitrogens is 1. The van der Waals surface area contributed by atoms with Gasteiger partial charge in [-0.2, -0.15) is 0 Å². The van der Waals surface area contributed by atoms with Crippen LogP contribution in [0.4, 0.5) is 5.82 Å². The fourth-order valence-electron chi connectivity index (χ4n) is 1.81. The summed E-state index contributed by atoms with van der Waals surface area (Å²) in [5, 5.41) is 0. The summed E-state index contributed by atoms with van der Waals surface area (Å²) in [6.07, 6.45) is 1.80. The maximum Gasteiger partial charge on any atom is 0.219 e. The first kappa shape index (κ1) is 11.4. The van der Waals surface area contributed by atoms with Crippen molar-refractivity contribution in [2.75, 3.05) is 31.1 Å². The van der Waals surface area contributed by atoms with Gasteiger partial charge in [-0.3, -0.25) is 4.79 Å². The third-order valence-corrected chi connectivity index (χ3v) is 3.23. The first-order valence-corrected chi connectivity index (χ1v) is 6.08. The second kappa shape index (κ2) is 4.82. The van der Waals surface area contributed by atoms with Crippen molar-refractivity contribution >= 4 is 27.7 Å². The lowest BCUT2D eigenvalue weighted by Gasteiger charge is -2.34. The van der Waals surface area contributed by atoms with E-state index in [0.29, 0.717) is 0 Å². The van der Waals surface area contributed by atoms with E-state index in [9.17, 15) is 4.79 Å². The minimum Gasteiger partial charge on any atom is -0.353 e. The van der Waals surface area contributed by atoms with Gasteiger partial charge in [0.15, 0.2) is 0 Å². The summed E-state index contributed by atoms with van der Waals surface area (Å²) in [4.78, 5) is 19.6. The summed E-state index contributed by atoms with van der Waals surface area (Å²) in [5.74, 6) is 1.13. The van der Waals surface area contributed by atoms with Gasteiger partial charge < -0.3 is 9.80 Å². The molecule has 2 rings (SSSR count). The van der Waals surface area contributed by atoms with Gasteiger partial charge in [0.1, 0.15) is 5.82 Å². The molecular weight excluding hydrogens is 270 g/mol. The van der Waals surface area contributed by atoms with Gasteiger partial charge >= 0.3 is 0 Å². The van der Waals surface area contributed by atoms with Gasteiger partial charge in [0.05, 0.1) is 0 Å². The number of halogens is 1. The van der Waals surface area contributed by atoms with Gasteiger partial charge in [-0.15, -0.1) is 0 Å². The zero-order valence-corrected chi connectivity index (χ0v) is 10.8. The van der Waals surface area contributed by atoms with Crippen molar-refractivity contribution in [2.24, 2.45) is 0 Å². The van der Waals surface area contributed by atoms with Crippen LogP contribution in [0.25, 0.3) is 0 Å². The Labute approximate surface area is 103 Å². The number of amides is 1. The minimum atomic E-state index is 0.156. The zero-order chi connectivity index (χ0) is 11.5. The Morgan fingerprint density at radius 3 is 2.50 bits per heavy atom. The highest BCUT2D eigenvalue weighted by Gasteiger charge is 2.19. The van der Waals surface area contributed by atoms with Crippen molar-refractivity contribution in [1.82, 2.24) is 9.88 Å². The van der Waals surface area contributed by atoms with E-state index in [1.165, 1.54) is 0 Å². The van der Waals surface area contributed by atoms with E-state index in [4.69, 9.17) is 0 Å². The third kappa shape index (κ3) is 2.52. The molecule has 2 heterocycles. The molecule has 1 aromatic heterocycles. The molecule has 4 nitrogen and oxygen atoms in total. The average Bonchev–Trinajstić information content (AvgIpc) is 2.30. The number of rotatable bonds is 1. The quantitative estimate of drug-likeness (QED) is 0.784. The van der Waals surface area contributed by atoms with Gasteiger partial charge in [-0.05, 0) is 28.1 Å². The second-order valence-corrected chi connectivity index (χ2v) is 4.74. The molecule has 0 unspecified atom stereocenters. The number of piperazine rings is 1. The summed E-state index contributed by atoms with van der Waals surface area (Å²) in [6.45, 7) is 4.90. The smallest absolute Gasteiger partial charge is 0.219 e. The highest BCUT2D eigenvalue weighted by atomic mass is 79.9. The number of nitrogens with zero attached hydrogens (tertiary/aromatic N) is 3. The third-order valence-electron chi connectivity index (χ3n) is 2.76. The van der Waals surface area contributed by atoms with Crippen molar-refractivity contribution in [1.29, 1.82) is 0 Å². The van der Waals surface area contributed by atoms with Gasteiger partial charge in [0, 0.05) is 43.8 Å². The van der Waals surface area contributed by atoms with Crippen molar-refractivity contribution in [3.8, 4) is 0 Å². The van der Waals surface area contributed by atoms with Crippen LogP contribution in [-0.4, -0.2) is 42.0 Å². The Hall–Kier alpha value is -1.10. The molecule has 1 aromatic rings. The summed E-state index contributed by atoms with van der Waals surface area (Å²) in [6, 6.07) is 3.98. The number of hydrogen-bond acceptors (Lipinski definition) is 3. The fourth-order valence-corrected chi connectivity index (χ4v) is 2.04. The SMILES string of the molecule is CC(=O)N1CCN(c2ccc(Br)cn2)CC1. The van der Waals surface area contributed by atoms with Gasteiger partial charge in [-0.1, -0.05) is 0 Å². The fraction of sp³-hybridized carbons (Fsp3) is 0.455. The Balaban J connectivity index is 1.99. The second-order valence-electron chi connectivity index (χ2n) is 3.83. The van der Waals surface area contributed by atoms with Crippen LogP contribution < -0.4 is 4.90 Å². The number of anilines is 1. The van der Waals surface area contributed by atoms with Crippen LogP contribution in [0.15, 0.2) is 22.8 Å². The van der Waals surface area contributed by atoms with E-state index < -0.39 is 0 Å². The molecule has 1 aliphatic rings. The van der Waals surface area contributed by atoms with E-state index in [1.54, 1.807) is 13.1 Å². The Morgan fingerprint density at radius 2 is 2.00 bits per heavy atom. The van der Waals surface area contributed by atoms with Crippen molar-refractivity contribution in [3.63, 3.8) is 0 Å². The lowest BCUT2D eigenvalue weighted by molar-refractivity contribution is -0.129. The summed E-state index contributed by atoms with van der Waals surface area (Å²) in [5.41, 5.74) is 0. The Bertz CT molecular complexity index is 371. The minimum absolute atomic E-state index is 0.156. The normalized spacial score (nSPS) is 16.4. The first-order valence-electron chi connectivity index (χ1n) is 5.29. The van der Waals surface area contributed by atoms with Crippen LogP contribution in [0, 0.1) is 0 Å². The van der Waals surface area contributed by atoms with Gasteiger partial charge in [-0.25, -0.2) is 4.98 Å². The predicted octanol–water partition coefficient (Wildman–Crippen LogP) is 1.51. The van der Waals surface area contributed by atoms with E-state index >= 15 is 0 Å². The first-order chi connectivity index (χ1) is 7.66. The van der Waals surface area contributed by atoms with Crippen LogP contribution in [0.1, 0.15) is 6.92 Å². The molecule has 0 radical (unpaired) electrons. The molecule has 0 N–H and O–H groups in total. The number of pyridine rings is 1. The predicted molar refractivity (Wildman–Crippen MR) is 66.4 cm³/mol. The molecule has 0 spiro atoms. The molecule has 5 heteroatoms. The average molecular weight is 284 g/mol. The van der Waals surface area contributed by atoms with Gasteiger partial charge in [0.25, 0.3) is 0 Å². The largest absolute Gasteiger partial charge is 0.353 e. The molecular formula is C11H14BrN3O. The van der Waals surface area contributed by atoms with E-state index in [1.807, 2.05) is 17.0 Å². The summed E-state index contributed by atoms with van der Waals surface area (Å²) in [7, 11) is 0. The van der Waals surface area contributed by atoms with E-state index in [0.717, 1.165) is 36.5 Å². The van der Waals surface area contributed by atoms with Crippen molar-refractivity contribution in [2.45, 2.75) is 6.92 Å². The van der Waals surface area contributed by atoms with Crippen molar-refractivity contribution in [3.05, 3.63) is 22.8 Å². The molecule has 1 saturated heterocycles. The molecule has 86 valence electrons.